The number of carboxylic acids is 1. The van der Waals surface area contributed by atoms with Gasteiger partial charge in [0, 0.05) is 13.2 Å². The van der Waals surface area contributed by atoms with Gasteiger partial charge in [-0.2, -0.15) is 0 Å². The van der Waals surface area contributed by atoms with Gasteiger partial charge in [0.25, 0.3) is 0 Å². The zero-order valence-electron chi connectivity index (χ0n) is 9.66. The van der Waals surface area contributed by atoms with E-state index in [4.69, 9.17) is 14.6 Å². The molecular formula is C10H21NO4. The van der Waals surface area contributed by atoms with Gasteiger partial charge in [0.05, 0.1) is 12.7 Å². The topological polar surface area (TPSA) is 67.8 Å². The highest BCUT2D eigenvalue weighted by atomic mass is 16.5. The first-order valence-corrected chi connectivity index (χ1v) is 5.21. The normalized spacial score (nSPS) is 14.9. The number of hydrogen-bond donors (Lipinski definition) is 2. The highest BCUT2D eigenvalue weighted by Gasteiger charge is 2.14. The lowest BCUT2D eigenvalue weighted by molar-refractivity contribution is -0.140. The predicted molar refractivity (Wildman–Crippen MR) is 57.0 cm³/mol. The summed E-state index contributed by atoms with van der Waals surface area (Å²) >= 11 is 0. The average molecular weight is 219 g/mol. The third kappa shape index (κ3) is 7.30. The molecule has 5 heteroatoms. The molecule has 0 aliphatic rings. The summed E-state index contributed by atoms with van der Waals surface area (Å²) in [5.74, 6) is -0.849. The average Bonchev–Trinajstić information content (AvgIpc) is 2.20. The summed E-state index contributed by atoms with van der Waals surface area (Å²) in [4.78, 5) is 10.6. The van der Waals surface area contributed by atoms with E-state index in [9.17, 15) is 4.79 Å². The largest absolute Gasteiger partial charge is 0.480 e. The van der Waals surface area contributed by atoms with Gasteiger partial charge in [0.1, 0.15) is 6.04 Å². The number of carboxylic acid groups (broad SMARTS) is 1. The molecule has 0 spiro atoms. The molecule has 0 aromatic carbocycles. The zero-order chi connectivity index (χ0) is 11.7. The van der Waals surface area contributed by atoms with Crippen LogP contribution in [0.15, 0.2) is 0 Å². The van der Waals surface area contributed by atoms with Crippen molar-refractivity contribution in [1.82, 2.24) is 5.32 Å². The standard InChI is InChI=1S/C10H21NO4/c1-4-14-7-8(2)15-6-5-9(11-3)10(12)13/h8-9,11H,4-7H2,1-3H3,(H,12,13). The second-order valence-electron chi connectivity index (χ2n) is 3.31. The third-order valence-electron chi connectivity index (χ3n) is 2.01. The van der Waals surface area contributed by atoms with Crippen LogP contribution in [0, 0.1) is 0 Å². The smallest absolute Gasteiger partial charge is 0.320 e. The number of hydrogen-bond acceptors (Lipinski definition) is 4. The summed E-state index contributed by atoms with van der Waals surface area (Å²) in [5, 5.41) is 11.4. The van der Waals surface area contributed by atoms with Crippen LogP contribution in [0.5, 0.6) is 0 Å². The van der Waals surface area contributed by atoms with Gasteiger partial charge in [0.2, 0.25) is 0 Å². The van der Waals surface area contributed by atoms with Crippen molar-refractivity contribution in [2.24, 2.45) is 0 Å². The molecule has 2 N–H and O–H groups in total. The molecule has 0 amide bonds. The van der Waals surface area contributed by atoms with E-state index in [2.05, 4.69) is 5.32 Å². The number of rotatable bonds is 9. The molecule has 0 fully saturated rings. The quantitative estimate of drug-likeness (QED) is 0.590. The Bertz CT molecular complexity index is 175. The first kappa shape index (κ1) is 14.3. The predicted octanol–water partition coefficient (Wildman–Crippen LogP) is 0.491. The Morgan fingerprint density at radius 2 is 2.20 bits per heavy atom. The molecule has 2 atom stereocenters. The Balaban J connectivity index is 3.54. The minimum atomic E-state index is -0.849. The van der Waals surface area contributed by atoms with Gasteiger partial charge < -0.3 is 19.9 Å². The van der Waals surface area contributed by atoms with Crippen LogP contribution >= 0.6 is 0 Å². The molecule has 0 saturated heterocycles. The van der Waals surface area contributed by atoms with Gasteiger partial charge in [-0.05, 0) is 27.3 Å². The van der Waals surface area contributed by atoms with Crippen LogP contribution < -0.4 is 5.32 Å². The van der Waals surface area contributed by atoms with Gasteiger partial charge in [-0.1, -0.05) is 0 Å². The maximum atomic E-state index is 10.6. The molecule has 0 aromatic rings. The molecule has 15 heavy (non-hydrogen) atoms. The second-order valence-corrected chi connectivity index (χ2v) is 3.31. The van der Waals surface area contributed by atoms with E-state index >= 15 is 0 Å². The van der Waals surface area contributed by atoms with Gasteiger partial charge in [0.15, 0.2) is 0 Å². The van der Waals surface area contributed by atoms with Crippen molar-refractivity contribution in [3.63, 3.8) is 0 Å². The lowest BCUT2D eigenvalue weighted by Crippen LogP contribution is -2.35. The summed E-state index contributed by atoms with van der Waals surface area (Å²) in [5.41, 5.74) is 0. The minimum Gasteiger partial charge on any atom is -0.480 e. The summed E-state index contributed by atoms with van der Waals surface area (Å²) in [6.07, 6.45) is 0.471. The highest BCUT2D eigenvalue weighted by molar-refractivity contribution is 5.73. The SMILES string of the molecule is CCOCC(C)OCCC(NC)C(=O)O. The maximum absolute atomic E-state index is 10.6. The summed E-state index contributed by atoms with van der Waals surface area (Å²) in [6, 6.07) is -0.538. The van der Waals surface area contributed by atoms with Crippen LogP contribution in [0.4, 0.5) is 0 Å². The van der Waals surface area contributed by atoms with E-state index in [0.717, 1.165) is 0 Å². The van der Waals surface area contributed by atoms with Crippen molar-refractivity contribution in [1.29, 1.82) is 0 Å². The summed E-state index contributed by atoms with van der Waals surface area (Å²) in [6.45, 7) is 5.47. The lowest BCUT2D eigenvalue weighted by Gasteiger charge is -2.15. The van der Waals surface area contributed by atoms with Gasteiger partial charge >= 0.3 is 5.97 Å². The number of carbonyl (C=O) groups is 1. The van der Waals surface area contributed by atoms with Gasteiger partial charge in [-0.15, -0.1) is 0 Å². The summed E-state index contributed by atoms with van der Waals surface area (Å²) in [7, 11) is 1.63. The van der Waals surface area contributed by atoms with Crippen LogP contribution in [-0.2, 0) is 14.3 Å². The Labute approximate surface area is 90.8 Å². The lowest BCUT2D eigenvalue weighted by atomic mass is 10.2. The Hall–Kier alpha value is -0.650. The Kier molecular flexibility index (Phi) is 8.27. The number of aliphatic carboxylic acids is 1. The first-order valence-electron chi connectivity index (χ1n) is 5.21. The number of likely N-dealkylation sites (N-methyl/N-ethyl adjacent to an activating group) is 1. The van der Waals surface area contributed by atoms with Crippen LogP contribution in [0.3, 0.4) is 0 Å². The molecule has 0 bridgehead atoms. The van der Waals surface area contributed by atoms with E-state index in [0.29, 0.717) is 26.2 Å². The highest BCUT2D eigenvalue weighted by Crippen LogP contribution is 1.97. The van der Waals surface area contributed by atoms with Crippen molar-refractivity contribution < 1.29 is 19.4 Å². The fourth-order valence-corrected chi connectivity index (χ4v) is 1.11. The molecule has 0 aliphatic heterocycles. The summed E-state index contributed by atoms with van der Waals surface area (Å²) < 4.78 is 10.6. The maximum Gasteiger partial charge on any atom is 0.320 e. The fourth-order valence-electron chi connectivity index (χ4n) is 1.11. The first-order chi connectivity index (χ1) is 7.11. The van der Waals surface area contributed by atoms with Crippen LogP contribution in [0.1, 0.15) is 20.3 Å². The molecule has 5 nitrogen and oxygen atoms in total. The minimum absolute atomic E-state index is 0.0104. The van der Waals surface area contributed by atoms with Gasteiger partial charge in [-0.25, -0.2) is 0 Å². The Morgan fingerprint density at radius 3 is 2.67 bits per heavy atom. The van der Waals surface area contributed by atoms with Crippen molar-refractivity contribution in [2.75, 3.05) is 26.9 Å². The second kappa shape index (κ2) is 8.64. The van der Waals surface area contributed by atoms with E-state index in [1.165, 1.54) is 0 Å². The van der Waals surface area contributed by atoms with E-state index < -0.39 is 12.0 Å². The number of ether oxygens (including phenoxy) is 2. The molecular weight excluding hydrogens is 198 g/mol. The third-order valence-corrected chi connectivity index (χ3v) is 2.01. The Morgan fingerprint density at radius 1 is 1.53 bits per heavy atom. The molecule has 0 radical (unpaired) electrons. The van der Waals surface area contributed by atoms with E-state index in [1.807, 2.05) is 13.8 Å². The van der Waals surface area contributed by atoms with E-state index in [-0.39, 0.29) is 6.10 Å². The molecule has 2 unspecified atom stereocenters. The van der Waals surface area contributed by atoms with Crippen LogP contribution in [0.25, 0.3) is 0 Å². The molecule has 0 saturated carbocycles. The zero-order valence-corrected chi connectivity index (χ0v) is 9.66. The van der Waals surface area contributed by atoms with Crippen LogP contribution in [0.2, 0.25) is 0 Å². The molecule has 0 rings (SSSR count). The monoisotopic (exact) mass is 219 g/mol. The molecule has 90 valence electrons. The van der Waals surface area contributed by atoms with Crippen LogP contribution in [-0.4, -0.2) is 50.1 Å². The van der Waals surface area contributed by atoms with Crippen molar-refractivity contribution >= 4 is 5.97 Å². The van der Waals surface area contributed by atoms with Crippen molar-refractivity contribution in [2.45, 2.75) is 32.4 Å². The van der Waals surface area contributed by atoms with Gasteiger partial charge in [-0.3, -0.25) is 4.79 Å². The molecule has 0 heterocycles. The van der Waals surface area contributed by atoms with E-state index in [1.54, 1.807) is 7.05 Å². The fraction of sp³-hybridized carbons (Fsp3) is 0.900. The van der Waals surface area contributed by atoms with Crippen molar-refractivity contribution in [3.05, 3.63) is 0 Å². The number of nitrogens with one attached hydrogen (secondary N) is 1. The molecule has 0 aromatic heterocycles. The van der Waals surface area contributed by atoms with Crippen molar-refractivity contribution in [3.8, 4) is 0 Å². The molecule has 0 aliphatic carbocycles.